The highest BCUT2D eigenvalue weighted by molar-refractivity contribution is 4.85. The summed E-state index contributed by atoms with van der Waals surface area (Å²) in [5.74, 6) is 0.957. The highest BCUT2D eigenvalue weighted by Crippen LogP contribution is 1.88. The molecule has 0 radical (unpaired) electrons. The Balaban J connectivity index is 2.11. The molecule has 1 atom stereocenters. The molecule has 1 aromatic heterocycles. The Morgan fingerprint density at radius 2 is 2.58 bits per heavy atom. The Kier molecular flexibility index (Phi) is 3.76. The van der Waals surface area contributed by atoms with Crippen LogP contribution in [0.5, 0.6) is 0 Å². The van der Waals surface area contributed by atoms with Crippen molar-refractivity contribution in [2.24, 2.45) is 0 Å². The topological polar surface area (TPSA) is 49.9 Å². The average Bonchev–Trinajstić information content (AvgIpc) is 2.57. The van der Waals surface area contributed by atoms with E-state index in [1.165, 1.54) is 0 Å². The van der Waals surface area contributed by atoms with E-state index in [2.05, 4.69) is 15.3 Å². The van der Waals surface area contributed by atoms with Crippen LogP contribution in [0.3, 0.4) is 0 Å². The molecule has 0 aromatic carbocycles. The van der Waals surface area contributed by atoms with Gasteiger partial charge in [0.25, 0.3) is 0 Å². The SMILES string of the molecule is COC(C)CNCc1ncc[nH]1. The van der Waals surface area contributed by atoms with Gasteiger partial charge in [-0.05, 0) is 6.92 Å². The third-order valence-corrected chi connectivity index (χ3v) is 1.68. The predicted molar refractivity (Wildman–Crippen MR) is 46.8 cm³/mol. The number of nitrogens with one attached hydrogen (secondary N) is 2. The number of H-pyrrole nitrogens is 1. The zero-order chi connectivity index (χ0) is 8.81. The molecule has 0 saturated heterocycles. The molecule has 0 aliphatic heterocycles. The number of hydrogen-bond donors (Lipinski definition) is 2. The number of nitrogens with zero attached hydrogens (tertiary/aromatic N) is 1. The van der Waals surface area contributed by atoms with Crippen LogP contribution in [0.15, 0.2) is 12.4 Å². The molecular weight excluding hydrogens is 154 g/mol. The summed E-state index contributed by atoms with van der Waals surface area (Å²) in [6.07, 6.45) is 3.81. The fourth-order valence-electron chi connectivity index (χ4n) is 0.872. The molecule has 1 aromatic rings. The number of hydrogen-bond acceptors (Lipinski definition) is 3. The molecule has 0 amide bonds. The van der Waals surface area contributed by atoms with E-state index in [-0.39, 0.29) is 6.10 Å². The van der Waals surface area contributed by atoms with E-state index in [9.17, 15) is 0 Å². The Labute approximate surface area is 72.3 Å². The first kappa shape index (κ1) is 9.22. The summed E-state index contributed by atoms with van der Waals surface area (Å²) in [7, 11) is 1.71. The van der Waals surface area contributed by atoms with Crippen molar-refractivity contribution in [2.75, 3.05) is 13.7 Å². The van der Waals surface area contributed by atoms with Gasteiger partial charge in [0.15, 0.2) is 0 Å². The van der Waals surface area contributed by atoms with Gasteiger partial charge in [0.1, 0.15) is 5.82 Å². The molecule has 1 rings (SSSR count). The fraction of sp³-hybridized carbons (Fsp3) is 0.625. The van der Waals surface area contributed by atoms with Gasteiger partial charge >= 0.3 is 0 Å². The Hall–Kier alpha value is -0.870. The lowest BCUT2D eigenvalue weighted by Gasteiger charge is -2.09. The van der Waals surface area contributed by atoms with Gasteiger partial charge in [-0.15, -0.1) is 0 Å². The molecule has 0 aliphatic carbocycles. The fourth-order valence-corrected chi connectivity index (χ4v) is 0.872. The number of ether oxygens (including phenoxy) is 1. The molecule has 4 heteroatoms. The van der Waals surface area contributed by atoms with E-state index >= 15 is 0 Å². The van der Waals surface area contributed by atoms with E-state index in [0.717, 1.165) is 18.9 Å². The molecule has 1 unspecified atom stereocenters. The van der Waals surface area contributed by atoms with Crippen LogP contribution in [0.4, 0.5) is 0 Å². The number of methoxy groups -OCH3 is 1. The van der Waals surface area contributed by atoms with E-state index in [0.29, 0.717) is 0 Å². The van der Waals surface area contributed by atoms with Crippen LogP contribution in [0, 0.1) is 0 Å². The number of aromatic nitrogens is 2. The minimum absolute atomic E-state index is 0.250. The Morgan fingerprint density at radius 3 is 3.17 bits per heavy atom. The molecule has 2 N–H and O–H groups in total. The molecule has 12 heavy (non-hydrogen) atoms. The van der Waals surface area contributed by atoms with Crippen LogP contribution >= 0.6 is 0 Å². The van der Waals surface area contributed by atoms with Crippen molar-refractivity contribution in [1.82, 2.24) is 15.3 Å². The molecule has 1 heterocycles. The second-order valence-electron chi connectivity index (χ2n) is 2.71. The lowest BCUT2D eigenvalue weighted by Crippen LogP contribution is -2.25. The summed E-state index contributed by atoms with van der Waals surface area (Å²) in [6.45, 7) is 3.63. The first-order valence-electron chi connectivity index (χ1n) is 4.04. The smallest absolute Gasteiger partial charge is 0.120 e. The number of rotatable bonds is 5. The normalized spacial score (nSPS) is 13.2. The van der Waals surface area contributed by atoms with Crippen molar-refractivity contribution in [1.29, 1.82) is 0 Å². The zero-order valence-corrected chi connectivity index (χ0v) is 7.50. The van der Waals surface area contributed by atoms with Crippen LogP contribution in [0.1, 0.15) is 12.7 Å². The lowest BCUT2D eigenvalue weighted by atomic mass is 10.4. The second kappa shape index (κ2) is 4.90. The first-order chi connectivity index (χ1) is 5.83. The van der Waals surface area contributed by atoms with Gasteiger partial charge in [-0.2, -0.15) is 0 Å². The Bertz CT molecular complexity index is 198. The zero-order valence-electron chi connectivity index (χ0n) is 7.50. The lowest BCUT2D eigenvalue weighted by molar-refractivity contribution is 0.117. The highest BCUT2D eigenvalue weighted by Gasteiger charge is 1.98. The molecule has 0 saturated carbocycles. The van der Waals surface area contributed by atoms with Gasteiger partial charge in [0, 0.05) is 26.0 Å². The number of imidazole rings is 1. The summed E-state index contributed by atoms with van der Waals surface area (Å²) in [5.41, 5.74) is 0. The quantitative estimate of drug-likeness (QED) is 0.676. The monoisotopic (exact) mass is 169 g/mol. The summed E-state index contributed by atoms with van der Waals surface area (Å²) in [5, 5.41) is 3.22. The van der Waals surface area contributed by atoms with E-state index in [1.807, 2.05) is 13.1 Å². The van der Waals surface area contributed by atoms with Crippen LogP contribution in [0.25, 0.3) is 0 Å². The van der Waals surface area contributed by atoms with Gasteiger partial charge in [-0.25, -0.2) is 4.98 Å². The average molecular weight is 169 g/mol. The number of aromatic amines is 1. The third-order valence-electron chi connectivity index (χ3n) is 1.68. The van der Waals surface area contributed by atoms with Gasteiger partial charge < -0.3 is 15.0 Å². The van der Waals surface area contributed by atoms with Crippen molar-refractivity contribution < 1.29 is 4.74 Å². The maximum Gasteiger partial charge on any atom is 0.120 e. The van der Waals surface area contributed by atoms with Crippen molar-refractivity contribution in [3.63, 3.8) is 0 Å². The summed E-state index contributed by atoms with van der Waals surface area (Å²) < 4.78 is 5.08. The first-order valence-corrected chi connectivity index (χ1v) is 4.04. The minimum Gasteiger partial charge on any atom is -0.380 e. The predicted octanol–water partition coefficient (Wildman–Crippen LogP) is 0.534. The van der Waals surface area contributed by atoms with Gasteiger partial charge in [-0.1, -0.05) is 0 Å². The molecule has 0 aliphatic rings. The standard InChI is InChI=1S/C8H15N3O/c1-7(12-2)5-9-6-8-10-3-4-11-8/h3-4,7,9H,5-6H2,1-2H3,(H,10,11). The maximum atomic E-state index is 5.08. The molecule has 0 bridgehead atoms. The van der Waals surface area contributed by atoms with Gasteiger partial charge in [-0.3, -0.25) is 0 Å². The van der Waals surface area contributed by atoms with Crippen LogP contribution in [-0.4, -0.2) is 29.7 Å². The van der Waals surface area contributed by atoms with E-state index in [1.54, 1.807) is 13.3 Å². The van der Waals surface area contributed by atoms with Crippen molar-refractivity contribution in [3.8, 4) is 0 Å². The van der Waals surface area contributed by atoms with Gasteiger partial charge in [0.2, 0.25) is 0 Å². The van der Waals surface area contributed by atoms with Crippen LogP contribution < -0.4 is 5.32 Å². The van der Waals surface area contributed by atoms with Crippen molar-refractivity contribution in [2.45, 2.75) is 19.6 Å². The summed E-state index contributed by atoms with van der Waals surface area (Å²) in [6, 6.07) is 0. The van der Waals surface area contributed by atoms with Crippen molar-refractivity contribution in [3.05, 3.63) is 18.2 Å². The third kappa shape index (κ3) is 3.02. The largest absolute Gasteiger partial charge is 0.380 e. The highest BCUT2D eigenvalue weighted by atomic mass is 16.5. The molecule has 68 valence electrons. The van der Waals surface area contributed by atoms with Crippen LogP contribution in [0.2, 0.25) is 0 Å². The van der Waals surface area contributed by atoms with Crippen molar-refractivity contribution >= 4 is 0 Å². The van der Waals surface area contributed by atoms with E-state index < -0.39 is 0 Å². The van der Waals surface area contributed by atoms with Gasteiger partial charge in [0.05, 0.1) is 12.6 Å². The molecule has 0 spiro atoms. The second-order valence-corrected chi connectivity index (χ2v) is 2.71. The molecular formula is C8H15N3O. The minimum atomic E-state index is 0.250. The van der Waals surface area contributed by atoms with Crippen LogP contribution in [-0.2, 0) is 11.3 Å². The molecule has 0 fully saturated rings. The summed E-state index contributed by atoms with van der Waals surface area (Å²) in [4.78, 5) is 7.09. The Morgan fingerprint density at radius 1 is 1.75 bits per heavy atom. The summed E-state index contributed by atoms with van der Waals surface area (Å²) >= 11 is 0. The van der Waals surface area contributed by atoms with E-state index in [4.69, 9.17) is 4.74 Å². The maximum absolute atomic E-state index is 5.08. The molecule has 4 nitrogen and oxygen atoms in total.